The SMILES string of the molecule is NC(=O)c1nn(CC(=O)Nc2nc(-c3ccc(Cl)cc3Cl)cs2)c(=O)c2ccccc12. The summed E-state index contributed by atoms with van der Waals surface area (Å²) in [6, 6.07) is 11.5. The van der Waals surface area contributed by atoms with Crippen LogP contribution in [-0.4, -0.2) is 26.6 Å². The van der Waals surface area contributed by atoms with Crippen molar-refractivity contribution in [2.45, 2.75) is 6.54 Å². The van der Waals surface area contributed by atoms with Crippen LogP contribution in [0.5, 0.6) is 0 Å². The molecule has 2 amide bonds. The van der Waals surface area contributed by atoms with E-state index in [1.165, 1.54) is 11.3 Å². The second kappa shape index (κ2) is 8.46. The molecule has 156 valence electrons. The van der Waals surface area contributed by atoms with Crippen molar-refractivity contribution in [3.8, 4) is 11.3 Å². The molecule has 2 aromatic carbocycles. The minimum atomic E-state index is -0.797. The summed E-state index contributed by atoms with van der Waals surface area (Å²) in [6.07, 6.45) is 0. The highest BCUT2D eigenvalue weighted by molar-refractivity contribution is 7.14. The Hall–Kier alpha value is -3.27. The van der Waals surface area contributed by atoms with Crippen molar-refractivity contribution in [2.24, 2.45) is 5.73 Å². The van der Waals surface area contributed by atoms with Gasteiger partial charge in [-0.05, 0) is 24.3 Å². The van der Waals surface area contributed by atoms with Gasteiger partial charge in [0.15, 0.2) is 10.8 Å². The number of carbonyl (C=O) groups excluding carboxylic acids is 2. The summed E-state index contributed by atoms with van der Waals surface area (Å²) >= 11 is 13.3. The fourth-order valence-corrected chi connectivity index (χ4v) is 4.20. The average molecular weight is 474 g/mol. The minimum absolute atomic E-state index is 0.0862. The molecule has 0 bridgehead atoms. The number of aromatic nitrogens is 3. The largest absolute Gasteiger partial charge is 0.364 e. The molecule has 0 aliphatic rings. The Kier molecular flexibility index (Phi) is 5.73. The van der Waals surface area contributed by atoms with Crippen LogP contribution < -0.4 is 16.6 Å². The zero-order valence-corrected chi connectivity index (χ0v) is 18.0. The van der Waals surface area contributed by atoms with Crippen LogP contribution in [0.2, 0.25) is 10.0 Å². The Labute approximate surface area is 189 Å². The van der Waals surface area contributed by atoms with E-state index < -0.39 is 23.9 Å². The minimum Gasteiger partial charge on any atom is -0.364 e. The number of primary amides is 1. The highest BCUT2D eigenvalue weighted by Crippen LogP contribution is 2.32. The molecule has 0 aliphatic heterocycles. The van der Waals surface area contributed by atoms with Crippen molar-refractivity contribution in [1.82, 2.24) is 14.8 Å². The fourth-order valence-electron chi connectivity index (χ4n) is 2.97. The van der Waals surface area contributed by atoms with Gasteiger partial charge in [-0.1, -0.05) is 41.4 Å². The van der Waals surface area contributed by atoms with Crippen LogP contribution in [0.15, 0.2) is 52.6 Å². The number of amides is 2. The predicted molar refractivity (Wildman–Crippen MR) is 121 cm³/mol. The van der Waals surface area contributed by atoms with E-state index in [1.807, 2.05) is 0 Å². The Balaban J connectivity index is 1.58. The van der Waals surface area contributed by atoms with E-state index in [2.05, 4.69) is 15.4 Å². The van der Waals surface area contributed by atoms with Crippen molar-refractivity contribution in [3.63, 3.8) is 0 Å². The molecule has 31 heavy (non-hydrogen) atoms. The van der Waals surface area contributed by atoms with Crippen LogP contribution in [0.1, 0.15) is 10.5 Å². The zero-order valence-electron chi connectivity index (χ0n) is 15.6. The van der Waals surface area contributed by atoms with Crippen LogP contribution in [0.25, 0.3) is 22.0 Å². The summed E-state index contributed by atoms with van der Waals surface area (Å²) in [6.45, 7) is -0.416. The molecule has 0 saturated carbocycles. The molecule has 4 rings (SSSR count). The number of hydrogen-bond acceptors (Lipinski definition) is 6. The van der Waals surface area contributed by atoms with Gasteiger partial charge >= 0.3 is 0 Å². The van der Waals surface area contributed by atoms with Crippen molar-refractivity contribution >= 4 is 62.3 Å². The van der Waals surface area contributed by atoms with Crippen molar-refractivity contribution in [3.05, 3.63) is 73.9 Å². The molecule has 0 atom stereocenters. The molecule has 0 saturated heterocycles. The first-order chi connectivity index (χ1) is 14.8. The highest BCUT2D eigenvalue weighted by Gasteiger charge is 2.17. The summed E-state index contributed by atoms with van der Waals surface area (Å²) < 4.78 is 0.905. The molecule has 0 fully saturated rings. The Bertz CT molecular complexity index is 1400. The van der Waals surface area contributed by atoms with Gasteiger partial charge in [-0.3, -0.25) is 14.4 Å². The number of fused-ring (bicyclic) bond motifs is 1. The van der Waals surface area contributed by atoms with Crippen molar-refractivity contribution in [1.29, 1.82) is 0 Å². The first-order valence-corrected chi connectivity index (χ1v) is 10.5. The third-order valence-corrected chi connectivity index (χ3v) is 5.66. The Morgan fingerprint density at radius 1 is 1.13 bits per heavy atom. The van der Waals surface area contributed by atoms with Gasteiger partial charge < -0.3 is 11.1 Å². The maximum absolute atomic E-state index is 12.7. The highest BCUT2D eigenvalue weighted by atomic mass is 35.5. The monoisotopic (exact) mass is 473 g/mol. The normalized spacial score (nSPS) is 10.9. The topological polar surface area (TPSA) is 120 Å². The number of carbonyl (C=O) groups is 2. The second-order valence-electron chi connectivity index (χ2n) is 6.43. The quantitative estimate of drug-likeness (QED) is 0.458. The van der Waals surface area contributed by atoms with Gasteiger partial charge in [-0.15, -0.1) is 11.3 Å². The lowest BCUT2D eigenvalue weighted by Crippen LogP contribution is -2.32. The van der Waals surface area contributed by atoms with Crippen molar-refractivity contribution in [2.75, 3.05) is 5.32 Å². The third-order valence-electron chi connectivity index (χ3n) is 4.35. The molecule has 11 heteroatoms. The molecule has 3 N–H and O–H groups in total. The maximum Gasteiger partial charge on any atom is 0.275 e. The number of nitrogens with two attached hydrogens (primary N) is 1. The van der Waals surface area contributed by atoms with Gasteiger partial charge in [0.05, 0.1) is 16.1 Å². The number of nitrogens with one attached hydrogen (secondary N) is 1. The van der Waals surface area contributed by atoms with Crippen LogP contribution >= 0.6 is 34.5 Å². The smallest absolute Gasteiger partial charge is 0.275 e. The number of rotatable bonds is 5. The van der Waals surface area contributed by atoms with Crippen LogP contribution in [0, 0.1) is 0 Å². The number of anilines is 1. The molecule has 4 aromatic rings. The van der Waals surface area contributed by atoms with Gasteiger partial charge in [-0.25, -0.2) is 9.67 Å². The number of thiazole rings is 1. The summed E-state index contributed by atoms with van der Waals surface area (Å²) in [7, 11) is 0. The van der Waals surface area contributed by atoms with Crippen molar-refractivity contribution < 1.29 is 9.59 Å². The van der Waals surface area contributed by atoms with E-state index in [-0.39, 0.29) is 11.1 Å². The van der Waals surface area contributed by atoms with E-state index in [9.17, 15) is 14.4 Å². The van der Waals surface area contributed by atoms with E-state index in [0.29, 0.717) is 31.8 Å². The lowest BCUT2D eigenvalue weighted by molar-refractivity contribution is -0.117. The van der Waals surface area contributed by atoms with Crippen LogP contribution in [-0.2, 0) is 11.3 Å². The summed E-state index contributed by atoms with van der Waals surface area (Å²) in [4.78, 5) is 41.3. The summed E-state index contributed by atoms with van der Waals surface area (Å²) in [5.41, 5.74) is 6.03. The lowest BCUT2D eigenvalue weighted by atomic mass is 10.1. The Morgan fingerprint density at radius 3 is 2.58 bits per heavy atom. The molecular weight excluding hydrogens is 461 g/mol. The van der Waals surface area contributed by atoms with Gasteiger partial charge in [0.1, 0.15) is 6.54 Å². The molecule has 0 aliphatic carbocycles. The zero-order chi connectivity index (χ0) is 22.1. The molecule has 8 nitrogen and oxygen atoms in total. The molecule has 0 spiro atoms. The molecule has 2 aromatic heterocycles. The second-order valence-corrected chi connectivity index (χ2v) is 8.13. The molecule has 0 unspecified atom stereocenters. The first kappa shape index (κ1) is 21.0. The average Bonchev–Trinajstić information content (AvgIpc) is 3.17. The summed E-state index contributed by atoms with van der Waals surface area (Å²) in [5, 5.41) is 10.2. The maximum atomic E-state index is 12.7. The van der Waals surface area contributed by atoms with E-state index in [0.717, 1.165) is 4.68 Å². The van der Waals surface area contributed by atoms with Gasteiger partial charge in [-0.2, -0.15) is 5.10 Å². The fraction of sp³-hybridized carbons (Fsp3) is 0.0500. The molecule has 0 radical (unpaired) electrons. The van der Waals surface area contributed by atoms with Crippen LogP contribution in [0.3, 0.4) is 0 Å². The number of nitrogens with zero attached hydrogens (tertiary/aromatic N) is 3. The first-order valence-electron chi connectivity index (χ1n) is 8.84. The van der Waals surface area contributed by atoms with E-state index in [4.69, 9.17) is 28.9 Å². The standard InChI is InChI=1S/C20H13Cl2N5O3S/c21-10-5-6-13(14(22)7-10)15-9-31-20(24-15)25-16(28)8-27-19(30)12-4-2-1-3-11(12)17(26-27)18(23)29/h1-7,9H,8H2,(H2,23,29)(H,24,25,28). The molecular formula is C20H13Cl2N5O3S. The predicted octanol–water partition coefficient (Wildman–Crippen LogP) is 3.56. The summed E-state index contributed by atoms with van der Waals surface area (Å²) in [5.74, 6) is -1.34. The molecule has 2 heterocycles. The number of halogens is 2. The van der Waals surface area contributed by atoms with E-state index in [1.54, 1.807) is 47.8 Å². The lowest BCUT2D eigenvalue weighted by Gasteiger charge is -2.09. The Morgan fingerprint density at radius 2 is 1.87 bits per heavy atom. The van der Waals surface area contributed by atoms with Gasteiger partial charge in [0, 0.05) is 21.4 Å². The third kappa shape index (κ3) is 4.29. The van der Waals surface area contributed by atoms with Crippen LogP contribution in [0.4, 0.5) is 5.13 Å². The van der Waals surface area contributed by atoms with Gasteiger partial charge in [0.2, 0.25) is 5.91 Å². The van der Waals surface area contributed by atoms with Gasteiger partial charge in [0.25, 0.3) is 11.5 Å². The number of hydrogen-bond donors (Lipinski definition) is 2. The number of benzene rings is 2. The van der Waals surface area contributed by atoms with E-state index >= 15 is 0 Å².